The minimum absolute atomic E-state index is 0.146. The Morgan fingerprint density at radius 1 is 0.970 bits per heavy atom. The molecular formula is C25H24ClN5OS. The summed E-state index contributed by atoms with van der Waals surface area (Å²) >= 11 is 11.2. The number of benzene rings is 1. The summed E-state index contributed by atoms with van der Waals surface area (Å²) in [6.45, 7) is 16.6. The van der Waals surface area contributed by atoms with E-state index in [2.05, 4.69) is 87.7 Å². The molecule has 168 valence electrons. The van der Waals surface area contributed by atoms with Crippen molar-refractivity contribution < 1.29 is 4.79 Å². The van der Waals surface area contributed by atoms with E-state index >= 15 is 0 Å². The summed E-state index contributed by atoms with van der Waals surface area (Å²) in [6.07, 6.45) is 0. The normalized spacial score (nSPS) is 7.88. The zero-order valence-electron chi connectivity index (χ0n) is 18.7. The lowest BCUT2D eigenvalue weighted by molar-refractivity contribution is 0.0938. The van der Waals surface area contributed by atoms with Crippen LogP contribution in [0, 0.1) is 13.8 Å². The molecule has 0 aliphatic heterocycles. The molecule has 0 aliphatic rings. The minimum atomic E-state index is -0.457. The van der Waals surface area contributed by atoms with Crippen LogP contribution in [0.3, 0.4) is 0 Å². The zero-order chi connectivity index (χ0) is 25.2. The van der Waals surface area contributed by atoms with Gasteiger partial charge in [-0.05, 0) is 81.7 Å². The summed E-state index contributed by atoms with van der Waals surface area (Å²) in [5, 5.41) is 7.59. The summed E-state index contributed by atoms with van der Waals surface area (Å²) in [5.41, 5.74) is 24.6. The number of amides is 1. The predicted octanol–water partition coefficient (Wildman–Crippen LogP) is 5.01. The summed E-state index contributed by atoms with van der Waals surface area (Å²) in [5.74, 6) is -0.457. The number of hydrogen-bond acceptors (Lipinski definition) is 3. The molecule has 0 fully saturated rings. The van der Waals surface area contributed by atoms with Crippen LogP contribution < -0.4 is 16.2 Å². The zero-order valence-corrected chi connectivity index (χ0v) is 20.3. The van der Waals surface area contributed by atoms with E-state index in [0.29, 0.717) is 10.7 Å². The summed E-state index contributed by atoms with van der Waals surface area (Å²) in [7, 11) is 1.72. The first-order chi connectivity index (χ1) is 15.7. The van der Waals surface area contributed by atoms with Crippen molar-refractivity contribution in [3.63, 3.8) is 0 Å². The number of anilines is 1. The predicted molar refractivity (Wildman–Crippen MR) is 138 cm³/mol. The van der Waals surface area contributed by atoms with Crippen molar-refractivity contribution in [3.8, 4) is 0 Å². The van der Waals surface area contributed by atoms with Gasteiger partial charge in [0.05, 0.1) is 10.7 Å². The van der Waals surface area contributed by atoms with Gasteiger partial charge in [-0.1, -0.05) is 52.2 Å². The quantitative estimate of drug-likeness (QED) is 0.322. The first-order valence-corrected chi connectivity index (χ1v) is 9.96. The number of carbonyl (C=O) groups excluding carboxylic acids is 1. The van der Waals surface area contributed by atoms with Gasteiger partial charge in [0.25, 0.3) is 5.91 Å². The third kappa shape index (κ3) is 11.7. The Kier molecular flexibility index (Phi) is 14.4. The Bertz CT molecular complexity index is 1200. The van der Waals surface area contributed by atoms with E-state index in [1.54, 1.807) is 18.7 Å². The molecule has 0 bridgehead atoms. The molecule has 0 saturated carbocycles. The second kappa shape index (κ2) is 16.5. The minimum Gasteiger partial charge on any atom is -0.331 e. The first kappa shape index (κ1) is 28.8. The van der Waals surface area contributed by atoms with Crippen LogP contribution in [0.15, 0.2) is 90.7 Å². The average molecular weight is 478 g/mol. The molecule has 2 aromatic rings. The van der Waals surface area contributed by atoms with Crippen molar-refractivity contribution in [1.82, 2.24) is 20.6 Å². The highest BCUT2D eigenvalue weighted by atomic mass is 35.5. The Hall–Kier alpha value is -4.18. The molecule has 6 nitrogen and oxygen atoms in total. The van der Waals surface area contributed by atoms with Gasteiger partial charge in [0, 0.05) is 12.7 Å². The Morgan fingerprint density at radius 3 is 1.94 bits per heavy atom. The van der Waals surface area contributed by atoms with Crippen molar-refractivity contribution in [1.29, 1.82) is 0 Å². The number of aromatic nitrogens is 2. The largest absolute Gasteiger partial charge is 0.331 e. The number of halogens is 1. The van der Waals surface area contributed by atoms with Crippen molar-refractivity contribution in [3.05, 3.63) is 113 Å². The molecule has 0 aliphatic carbocycles. The fourth-order valence-electron chi connectivity index (χ4n) is 1.82. The van der Waals surface area contributed by atoms with Crippen LogP contribution in [0.4, 0.5) is 5.69 Å². The van der Waals surface area contributed by atoms with Gasteiger partial charge in [-0.15, -0.1) is 0 Å². The van der Waals surface area contributed by atoms with E-state index in [0.717, 1.165) is 11.3 Å². The number of nitrogens with one attached hydrogen (secondary N) is 3. The SMILES string of the molecule is C=C=C=C.C=C=C=C=C=C=C.Cc1ccc(NC(=S)NNC(=O)c2nn(C)c(C)c2Cl)cc1. The highest BCUT2D eigenvalue weighted by molar-refractivity contribution is 7.80. The van der Waals surface area contributed by atoms with Crippen LogP contribution in [0.1, 0.15) is 21.7 Å². The number of nitrogens with zero attached hydrogens (tertiary/aromatic N) is 2. The van der Waals surface area contributed by atoms with Gasteiger partial charge >= 0.3 is 0 Å². The molecule has 0 unspecified atom stereocenters. The molecule has 0 spiro atoms. The van der Waals surface area contributed by atoms with Crippen LogP contribution in [0.2, 0.25) is 5.02 Å². The van der Waals surface area contributed by atoms with Crippen molar-refractivity contribution in [2.45, 2.75) is 13.8 Å². The average Bonchev–Trinajstić information content (AvgIpc) is 3.07. The maximum Gasteiger partial charge on any atom is 0.291 e. The van der Waals surface area contributed by atoms with Crippen LogP contribution in [-0.4, -0.2) is 20.8 Å². The lowest BCUT2D eigenvalue weighted by atomic mass is 10.2. The number of aryl methyl sites for hydroxylation is 2. The second-order valence-corrected chi connectivity index (χ2v) is 6.64. The van der Waals surface area contributed by atoms with Crippen molar-refractivity contribution >= 4 is 40.5 Å². The van der Waals surface area contributed by atoms with Crippen LogP contribution >= 0.6 is 23.8 Å². The fourth-order valence-corrected chi connectivity index (χ4v) is 2.23. The third-order valence-corrected chi connectivity index (χ3v) is 4.16. The second-order valence-electron chi connectivity index (χ2n) is 5.85. The molecule has 0 radical (unpaired) electrons. The topological polar surface area (TPSA) is 71.0 Å². The Labute approximate surface area is 204 Å². The molecule has 1 heterocycles. The van der Waals surface area contributed by atoms with Gasteiger partial charge in [0.1, 0.15) is 0 Å². The first-order valence-electron chi connectivity index (χ1n) is 9.18. The van der Waals surface area contributed by atoms with E-state index in [1.807, 2.05) is 31.2 Å². The molecule has 1 amide bonds. The molecule has 0 atom stereocenters. The van der Waals surface area contributed by atoms with Gasteiger partial charge in [-0.2, -0.15) is 5.10 Å². The summed E-state index contributed by atoms with van der Waals surface area (Å²) < 4.78 is 1.54. The molecular weight excluding hydrogens is 454 g/mol. The standard InChI is InChI=1S/C14H16ClN5OS.C7H4.C4H4/c1-8-4-6-10(7-5-8)16-14(22)18-17-13(21)12-11(15)9(2)20(3)19-12;1-3-5-7-6-4-2;1-3-4-2/h4-7H,1-3H3,(H,17,21)(H2,16,18,22);1-2H2;1-2H2. The molecule has 0 saturated heterocycles. The van der Waals surface area contributed by atoms with Crippen LogP contribution in [-0.2, 0) is 7.05 Å². The Balaban J connectivity index is 0.000000776. The van der Waals surface area contributed by atoms with Gasteiger partial charge in [0.2, 0.25) is 0 Å². The number of rotatable bonds is 2. The van der Waals surface area contributed by atoms with Crippen LogP contribution in [0.5, 0.6) is 0 Å². The van der Waals surface area contributed by atoms with Gasteiger partial charge < -0.3 is 5.32 Å². The highest BCUT2D eigenvalue weighted by Gasteiger charge is 2.18. The van der Waals surface area contributed by atoms with Gasteiger partial charge in [-0.3, -0.25) is 20.3 Å². The number of hydrazine groups is 1. The van der Waals surface area contributed by atoms with Crippen molar-refractivity contribution in [2.24, 2.45) is 7.05 Å². The van der Waals surface area contributed by atoms with E-state index in [9.17, 15) is 4.79 Å². The monoisotopic (exact) mass is 477 g/mol. The van der Waals surface area contributed by atoms with E-state index in [1.165, 1.54) is 0 Å². The third-order valence-electron chi connectivity index (χ3n) is 3.50. The number of carbonyl (C=O) groups is 1. The lowest BCUT2D eigenvalue weighted by Gasteiger charge is -2.11. The highest BCUT2D eigenvalue weighted by Crippen LogP contribution is 2.18. The molecule has 33 heavy (non-hydrogen) atoms. The smallest absolute Gasteiger partial charge is 0.291 e. The molecule has 1 aromatic carbocycles. The summed E-state index contributed by atoms with van der Waals surface area (Å²) in [6, 6.07) is 7.70. The maximum absolute atomic E-state index is 12.0. The summed E-state index contributed by atoms with van der Waals surface area (Å²) in [4.78, 5) is 12.0. The molecule has 2 rings (SSSR count). The molecule has 8 heteroatoms. The van der Waals surface area contributed by atoms with Crippen LogP contribution in [0.25, 0.3) is 0 Å². The van der Waals surface area contributed by atoms with E-state index in [4.69, 9.17) is 23.8 Å². The number of thiocarbonyl (C=S) groups is 1. The van der Waals surface area contributed by atoms with Gasteiger partial charge in [-0.25, -0.2) is 0 Å². The number of hydrogen-bond donors (Lipinski definition) is 3. The van der Waals surface area contributed by atoms with E-state index in [-0.39, 0.29) is 10.8 Å². The van der Waals surface area contributed by atoms with E-state index < -0.39 is 5.91 Å². The molecule has 1 aromatic heterocycles. The van der Waals surface area contributed by atoms with Crippen molar-refractivity contribution in [2.75, 3.05) is 5.32 Å². The Morgan fingerprint density at radius 2 is 1.52 bits per heavy atom. The maximum atomic E-state index is 12.0. The molecule has 3 N–H and O–H groups in total. The fraction of sp³-hybridized carbons (Fsp3) is 0.120. The lowest BCUT2D eigenvalue weighted by Crippen LogP contribution is -2.44. The van der Waals surface area contributed by atoms with Gasteiger partial charge in [0.15, 0.2) is 10.8 Å².